The van der Waals surface area contributed by atoms with Crippen LogP contribution in [0.2, 0.25) is 0 Å². The van der Waals surface area contributed by atoms with Crippen LogP contribution in [0, 0.1) is 0 Å². The minimum absolute atomic E-state index is 0.729. The van der Waals surface area contributed by atoms with E-state index in [-0.39, 0.29) is 0 Å². The maximum absolute atomic E-state index is 10.7. The molecule has 18 heavy (non-hydrogen) atoms. The van der Waals surface area contributed by atoms with Crippen molar-refractivity contribution in [1.29, 1.82) is 0 Å². The maximum atomic E-state index is 9.87. The third-order valence-electron chi connectivity index (χ3n) is 1.68. The van der Waals surface area contributed by atoms with E-state index in [1.807, 2.05) is 30.9 Å². The number of rotatable bonds is 4. The van der Waals surface area contributed by atoms with Crippen molar-refractivity contribution in [1.82, 2.24) is 0 Å². The summed E-state index contributed by atoms with van der Waals surface area (Å²) in [5, 5.41) is 0. The van der Waals surface area contributed by atoms with E-state index in [0.717, 1.165) is 17.6 Å². The van der Waals surface area contributed by atoms with Crippen molar-refractivity contribution in [2.24, 2.45) is 4.99 Å². The molecule has 106 valence electrons. The van der Waals surface area contributed by atoms with Crippen molar-refractivity contribution in [2.45, 2.75) is 0 Å². The second kappa shape index (κ2) is 4.51. The molecule has 0 amide bonds. The zero-order valence-corrected chi connectivity index (χ0v) is 10.2. The second-order valence-corrected chi connectivity index (χ2v) is 5.48. The molecule has 0 fully saturated rings. The van der Waals surface area contributed by atoms with Crippen LogP contribution in [-0.4, -0.2) is 23.9 Å². The molecular formula is C9H13F6N2P. The first-order chi connectivity index (χ1) is 7.78. The molecule has 0 spiro atoms. The van der Waals surface area contributed by atoms with Gasteiger partial charge in [0.05, 0.1) is 6.20 Å². The molecule has 0 atom stereocenters. The second-order valence-electron chi connectivity index (χ2n) is 3.57. The molecule has 0 aromatic carbocycles. The summed E-state index contributed by atoms with van der Waals surface area (Å²) in [5.41, 5.74) is 0. The fourth-order valence-corrected chi connectivity index (χ4v) is 1.15. The van der Waals surface area contributed by atoms with Crippen LogP contribution in [0.5, 0.6) is 0 Å². The summed E-state index contributed by atoms with van der Waals surface area (Å²) in [5.74, 6) is 0. The third-order valence-corrected chi connectivity index (χ3v) is 1.68. The molecule has 2 nitrogen and oxygen atoms in total. The quantitative estimate of drug-likeness (QED) is 0.297. The molecule has 1 heterocycles. The van der Waals surface area contributed by atoms with Crippen LogP contribution >= 0.6 is 7.81 Å². The van der Waals surface area contributed by atoms with E-state index >= 15 is 0 Å². The topological polar surface area (TPSA) is 12.4 Å². The summed E-state index contributed by atoms with van der Waals surface area (Å²) in [6, 6.07) is 0. The predicted octanol–water partition coefficient (Wildman–Crippen LogP) is 5.07. The average molecular weight is 294 g/mol. The molecule has 0 aromatic rings. The molecule has 0 N–H and O–H groups in total. The molecule has 0 aliphatic carbocycles. The molecular weight excluding hydrogens is 281 g/mol. The zero-order valence-electron chi connectivity index (χ0n) is 9.32. The van der Waals surface area contributed by atoms with Crippen LogP contribution in [-0.2, 0) is 0 Å². The molecule has 0 bridgehead atoms. The number of hydrogen-bond acceptors (Lipinski definition) is 1. The van der Waals surface area contributed by atoms with Gasteiger partial charge < -0.3 is 0 Å². The fraction of sp³-hybridized carbons (Fsp3) is 0.222. The van der Waals surface area contributed by atoms with Crippen molar-refractivity contribution < 1.29 is 29.7 Å². The van der Waals surface area contributed by atoms with Crippen LogP contribution in [0.25, 0.3) is 0 Å². The molecule has 0 saturated carbocycles. The summed E-state index contributed by atoms with van der Waals surface area (Å²) in [7, 11) is -10.7. The summed E-state index contributed by atoms with van der Waals surface area (Å²) >= 11 is 0. The van der Waals surface area contributed by atoms with Gasteiger partial charge in [-0.15, -0.1) is 0 Å². The Morgan fingerprint density at radius 1 is 1.00 bits per heavy atom. The van der Waals surface area contributed by atoms with Crippen LogP contribution in [0.3, 0.4) is 0 Å². The van der Waals surface area contributed by atoms with Crippen molar-refractivity contribution in [3.63, 3.8) is 0 Å². The molecule has 1 aliphatic heterocycles. The first-order valence-corrected chi connectivity index (χ1v) is 6.67. The summed E-state index contributed by atoms with van der Waals surface area (Å²) in [6.07, 6.45) is 9.55. The van der Waals surface area contributed by atoms with Crippen LogP contribution in [0.15, 0.2) is 42.7 Å². The molecule has 0 aromatic heterocycles. The Morgan fingerprint density at radius 2 is 1.39 bits per heavy atom. The molecule has 1 aliphatic rings. The Morgan fingerprint density at radius 3 is 1.61 bits per heavy atom. The van der Waals surface area contributed by atoms with Crippen LogP contribution < -0.4 is 0 Å². The average Bonchev–Trinajstić information content (AvgIpc) is 2.49. The standard InChI is InChI=1S/C9H13N2.F6P/c1-3-6-11(7-4-2)8-5-10-9-11;1-7(2,3,4,5)6/h3-5,8-9H,1-2,6-7H2;/q+1;-1. The van der Waals surface area contributed by atoms with E-state index < -0.39 is 7.81 Å². The van der Waals surface area contributed by atoms with Gasteiger partial charge in [-0.05, 0) is 12.2 Å². The predicted molar refractivity (Wildman–Crippen MR) is 61.6 cm³/mol. The van der Waals surface area contributed by atoms with Gasteiger partial charge >= 0.3 is 33.0 Å². The molecule has 9 heteroatoms. The Hall–Kier alpha value is -1.14. The van der Waals surface area contributed by atoms with E-state index in [1.165, 1.54) is 0 Å². The zero-order chi connectivity index (χ0) is 14.6. The van der Waals surface area contributed by atoms with Gasteiger partial charge in [0, 0.05) is 0 Å². The van der Waals surface area contributed by atoms with E-state index in [0.29, 0.717) is 0 Å². The van der Waals surface area contributed by atoms with Crippen molar-refractivity contribution in [3.05, 3.63) is 37.7 Å². The number of quaternary nitrogens is 1. The minimum atomic E-state index is -10.7. The van der Waals surface area contributed by atoms with E-state index in [1.54, 1.807) is 0 Å². The van der Waals surface area contributed by atoms with E-state index in [9.17, 15) is 25.2 Å². The van der Waals surface area contributed by atoms with Crippen molar-refractivity contribution in [2.75, 3.05) is 13.1 Å². The summed E-state index contributed by atoms with van der Waals surface area (Å²) in [4.78, 5) is 4.05. The van der Waals surface area contributed by atoms with Gasteiger partial charge in [0.15, 0.2) is 6.34 Å². The van der Waals surface area contributed by atoms with Gasteiger partial charge in [0.25, 0.3) is 0 Å². The van der Waals surface area contributed by atoms with Gasteiger partial charge in [-0.2, -0.15) is 0 Å². The van der Waals surface area contributed by atoms with E-state index in [4.69, 9.17) is 0 Å². The molecule has 0 unspecified atom stereocenters. The Balaban J connectivity index is 0.000000360. The van der Waals surface area contributed by atoms with Gasteiger partial charge in [0.1, 0.15) is 19.3 Å². The Kier molecular flexibility index (Phi) is 4.23. The van der Waals surface area contributed by atoms with Gasteiger partial charge in [-0.1, -0.05) is 13.2 Å². The molecule has 0 radical (unpaired) electrons. The fourth-order valence-electron chi connectivity index (χ4n) is 1.15. The van der Waals surface area contributed by atoms with Crippen LogP contribution in [0.4, 0.5) is 25.2 Å². The van der Waals surface area contributed by atoms with Gasteiger partial charge in [-0.25, -0.2) is 9.48 Å². The normalized spacial score (nSPS) is 20.3. The first-order valence-electron chi connectivity index (χ1n) is 4.65. The van der Waals surface area contributed by atoms with Crippen LogP contribution in [0.1, 0.15) is 0 Å². The van der Waals surface area contributed by atoms with Gasteiger partial charge in [0.2, 0.25) is 0 Å². The Bertz CT molecular complexity index is 345. The summed E-state index contributed by atoms with van der Waals surface area (Å²) < 4.78 is 59.9. The number of halogens is 6. The number of hydrogen-bond donors (Lipinski definition) is 0. The summed E-state index contributed by atoms with van der Waals surface area (Å²) in [6.45, 7) is 9.17. The number of nitrogens with zero attached hydrogens (tertiary/aromatic N) is 2. The van der Waals surface area contributed by atoms with Gasteiger partial charge in [-0.3, -0.25) is 0 Å². The van der Waals surface area contributed by atoms with Crippen molar-refractivity contribution >= 4 is 14.1 Å². The Labute approximate surface area is 100 Å². The van der Waals surface area contributed by atoms with E-state index in [2.05, 4.69) is 18.2 Å². The SMILES string of the molecule is C=CC[N+]1(CC=C)C=CN=C1.F[P-](F)(F)(F)(F)F. The number of aliphatic imine (C=N–C) groups is 1. The molecule has 1 rings (SSSR count). The monoisotopic (exact) mass is 294 g/mol. The van der Waals surface area contributed by atoms with Crippen molar-refractivity contribution in [3.8, 4) is 0 Å². The third kappa shape index (κ3) is 11.3. The first kappa shape index (κ1) is 16.9. The molecule has 0 saturated heterocycles.